The van der Waals surface area contributed by atoms with Crippen molar-refractivity contribution < 1.29 is 4.42 Å². The van der Waals surface area contributed by atoms with Crippen LogP contribution in [0.3, 0.4) is 0 Å². The number of hydrogen-bond donors (Lipinski definition) is 1. The summed E-state index contributed by atoms with van der Waals surface area (Å²) >= 11 is 4.78. The van der Waals surface area contributed by atoms with Gasteiger partial charge in [0.05, 0.1) is 11.6 Å². The van der Waals surface area contributed by atoms with Gasteiger partial charge < -0.3 is 4.42 Å². The molecular formula is C20H38OSSi. The van der Waals surface area contributed by atoms with Gasteiger partial charge in [-0.2, -0.15) is 12.6 Å². The molecule has 0 N–H and O–H groups in total. The molecule has 1 atom stereocenters. The zero-order valence-electron chi connectivity index (χ0n) is 15.9. The molecule has 0 radical (unpaired) electrons. The smallest absolute Gasteiger partial charge is 0.123 e. The fraction of sp³-hybridized carbons (Fsp3) is 0.800. The summed E-state index contributed by atoms with van der Waals surface area (Å²) in [6, 6.07) is 2.25. The lowest BCUT2D eigenvalue weighted by atomic mass is 10.0. The van der Waals surface area contributed by atoms with Gasteiger partial charge in [-0.05, 0) is 12.5 Å². The second kappa shape index (κ2) is 11.4. The van der Waals surface area contributed by atoms with Gasteiger partial charge in [-0.3, -0.25) is 0 Å². The maximum Gasteiger partial charge on any atom is 0.123 e. The average molecular weight is 355 g/mol. The SMILES string of the molecule is CCCCCCCCCCCCC(S)c1coc([Si](C)(C)C)c1. The standard InChI is InChI=1S/C20H38OSSi/c1-5-6-7-8-9-10-11-12-13-14-15-19(22)18-16-20(21-17-18)23(2,3)4/h16-17,19,22H,5-15H2,1-4H3. The molecule has 23 heavy (non-hydrogen) atoms. The number of rotatable bonds is 13. The van der Waals surface area contributed by atoms with E-state index in [0.717, 1.165) is 0 Å². The van der Waals surface area contributed by atoms with E-state index in [1.807, 2.05) is 6.26 Å². The molecule has 0 aliphatic rings. The maximum atomic E-state index is 5.76. The summed E-state index contributed by atoms with van der Waals surface area (Å²) in [5.74, 6) is 0. The van der Waals surface area contributed by atoms with Gasteiger partial charge in [0, 0.05) is 10.8 Å². The fourth-order valence-electron chi connectivity index (χ4n) is 2.91. The molecule has 0 amide bonds. The van der Waals surface area contributed by atoms with Crippen LogP contribution in [0.15, 0.2) is 16.7 Å². The van der Waals surface area contributed by atoms with E-state index >= 15 is 0 Å². The van der Waals surface area contributed by atoms with Gasteiger partial charge in [0.25, 0.3) is 0 Å². The van der Waals surface area contributed by atoms with Crippen LogP contribution in [0.5, 0.6) is 0 Å². The minimum Gasteiger partial charge on any atom is -0.474 e. The average Bonchev–Trinajstić information content (AvgIpc) is 2.99. The third kappa shape index (κ3) is 9.04. The zero-order valence-corrected chi connectivity index (χ0v) is 17.8. The van der Waals surface area contributed by atoms with E-state index in [2.05, 4.69) is 32.6 Å². The summed E-state index contributed by atoms with van der Waals surface area (Å²) in [6.07, 6.45) is 17.0. The van der Waals surface area contributed by atoms with Crippen molar-refractivity contribution in [3.05, 3.63) is 17.9 Å². The number of thiol groups is 1. The Labute approximate surface area is 151 Å². The molecule has 1 aromatic heterocycles. The van der Waals surface area contributed by atoms with Crippen molar-refractivity contribution in [3.63, 3.8) is 0 Å². The van der Waals surface area contributed by atoms with Crippen LogP contribution >= 0.6 is 12.6 Å². The molecule has 1 rings (SSSR count). The first-order chi connectivity index (χ1) is 10.9. The van der Waals surface area contributed by atoms with Crippen LogP contribution in [-0.2, 0) is 0 Å². The predicted molar refractivity (Wildman–Crippen MR) is 110 cm³/mol. The van der Waals surface area contributed by atoms with Crippen LogP contribution in [0, 0.1) is 0 Å². The zero-order chi connectivity index (χ0) is 17.1. The largest absolute Gasteiger partial charge is 0.474 e. The van der Waals surface area contributed by atoms with Crippen LogP contribution in [0.25, 0.3) is 0 Å². The van der Waals surface area contributed by atoms with Crippen molar-refractivity contribution in [3.8, 4) is 0 Å². The molecule has 1 aromatic rings. The van der Waals surface area contributed by atoms with E-state index in [9.17, 15) is 0 Å². The molecular weight excluding hydrogens is 316 g/mol. The van der Waals surface area contributed by atoms with Gasteiger partial charge in [0.1, 0.15) is 8.07 Å². The molecule has 3 heteroatoms. The van der Waals surface area contributed by atoms with Gasteiger partial charge in [0.2, 0.25) is 0 Å². The fourth-order valence-corrected chi connectivity index (χ4v) is 4.24. The molecule has 0 saturated heterocycles. The van der Waals surface area contributed by atoms with E-state index in [0.29, 0.717) is 5.25 Å². The van der Waals surface area contributed by atoms with Crippen molar-refractivity contribution >= 4 is 26.1 Å². The Balaban J connectivity index is 2.06. The Hall–Kier alpha value is -0.153. The monoisotopic (exact) mass is 354 g/mol. The Kier molecular flexibility index (Phi) is 10.4. The Morgan fingerprint density at radius 2 is 1.43 bits per heavy atom. The lowest BCUT2D eigenvalue weighted by Crippen LogP contribution is -2.36. The highest BCUT2D eigenvalue weighted by molar-refractivity contribution is 7.80. The number of unbranched alkanes of at least 4 members (excludes halogenated alkanes) is 9. The molecule has 1 unspecified atom stereocenters. The molecule has 0 saturated carbocycles. The summed E-state index contributed by atoms with van der Waals surface area (Å²) in [4.78, 5) is 0. The van der Waals surface area contributed by atoms with Crippen molar-refractivity contribution in [1.29, 1.82) is 0 Å². The van der Waals surface area contributed by atoms with Gasteiger partial charge in [-0.25, -0.2) is 0 Å². The Morgan fingerprint density at radius 1 is 0.913 bits per heavy atom. The second-order valence-corrected chi connectivity index (χ2v) is 13.6. The number of furan rings is 1. The lowest BCUT2D eigenvalue weighted by Gasteiger charge is -2.11. The quantitative estimate of drug-likeness (QED) is 0.226. The molecule has 0 aliphatic carbocycles. The summed E-state index contributed by atoms with van der Waals surface area (Å²) in [5, 5.41) is 1.55. The topological polar surface area (TPSA) is 13.1 Å². The Morgan fingerprint density at radius 3 is 1.91 bits per heavy atom. The minimum absolute atomic E-state index is 0.345. The van der Waals surface area contributed by atoms with E-state index in [4.69, 9.17) is 17.0 Å². The lowest BCUT2D eigenvalue weighted by molar-refractivity contribution is 0.547. The van der Waals surface area contributed by atoms with Gasteiger partial charge in [0.15, 0.2) is 0 Å². The van der Waals surface area contributed by atoms with Crippen LogP contribution in [0.2, 0.25) is 19.6 Å². The van der Waals surface area contributed by atoms with Gasteiger partial charge >= 0.3 is 0 Å². The summed E-state index contributed by atoms with van der Waals surface area (Å²) in [7, 11) is -1.32. The van der Waals surface area contributed by atoms with E-state index in [-0.39, 0.29) is 0 Å². The van der Waals surface area contributed by atoms with Crippen LogP contribution < -0.4 is 5.38 Å². The molecule has 0 fully saturated rings. The molecule has 1 nitrogen and oxygen atoms in total. The van der Waals surface area contributed by atoms with Crippen LogP contribution in [0.4, 0.5) is 0 Å². The molecule has 0 aromatic carbocycles. The van der Waals surface area contributed by atoms with Crippen molar-refractivity contribution in [2.24, 2.45) is 0 Å². The molecule has 0 bridgehead atoms. The van der Waals surface area contributed by atoms with E-state index in [1.165, 1.54) is 81.6 Å². The minimum atomic E-state index is -1.32. The normalized spacial score (nSPS) is 13.4. The van der Waals surface area contributed by atoms with Gasteiger partial charge in [-0.15, -0.1) is 0 Å². The first-order valence-electron chi connectivity index (χ1n) is 9.72. The summed E-state index contributed by atoms with van der Waals surface area (Å²) in [6.45, 7) is 9.26. The third-order valence-corrected chi connectivity index (χ3v) is 6.87. The predicted octanol–water partition coefficient (Wildman–Crippen LogP) is 7.11. The Bertz CT molecular complexity index is 408. The van der Waals surface area contributed by atoms with Crippen LogP contribution in [-0.4, -0.2) is 8.07 Å². The third-order valence-electron chi connectivity index (χ3n) is 4.57. The highest BCUT2D eigenvalue weighted by Gasteiger charge is 2.22. The van der Waals surface area contributed by atoms with Crippen LogP contribution in [0.1, 0.15) is 88.4 Å². The van der Waals surface area contributed by atoms with Crippen molar-refractivity contribution in [1.82, 2.24) is 0 Å². The summed E-state index contributed by atoms with van der Waals surface area (Å²) in [5.41, 5.74) is 1.28. The van der Waals surface area contributed by atoms with Crippen molar-refractivity contribution in [2.45, 2.75) is 102 Å². The molecule has 134 valence electrons. The number of hydrogen-bond acceptors (Lipinski definition) is 2. The molecule has 0 aliphatic heterocycles. The highest BCUT2D eigenvalue weighted by atomic mass is 32.1. The second-order valence-electron chi connectivity index (χ2n) is 7.98. The van der Waals surface area contributed by atoms with E-state index in [1.54, 1.807) is 0 Å². The first-order valence-corrected chi connectivity index (χ1v) is 13.7. The maximum absolute atomic E-state index is 5.76. The molecule has 1 heterocycles. The highest BCUT2D eigenvalue weighted by Crippen LogP contribution is 2.27. The van der Waals surface area contributed by atoms with Crippen molar-refractivity contribution in [2.75, 3.05) is 0 Å². The van der Waals surface area contributed by atoms with Gasteiger partial charge in [-0.1, -0.05) is 90.8 Å². The summed E-state index contributed by atoms with van der Waals surface area (Å²) < 4.78 is 5.76. The first kappa shape index (κ1) is 20.9. The van der Waals surface area contributed by atoms with E-state index < -0.39 is 8.07 Å². The molecule has 0 spiro atoms.